The molecule has 0 radical (unpaired) electrons. The van der Waals surface area contributed by atoms with Crippen LogP contribution in [0.25, 0.3) is 22.5 Å². The molecule has 0 fully saturated rings. The second kappa shape index (κ2) is 19.1. The van der Waals surface area contributed by atoms with Crippen LogP contribution in [-0.4, -0.2) is 37.9 Å². The highest BCUT2D eigenvalue weighted by molar-refractivity contribution is 7.93. The van der Waals surface area contributed by atoms with Gasteiger partial charge in [-0.15, -0.1) is 0 Å². The average Bonchev–Trinajstić information content (AvgIpc) is 3.89. The van der Waals surface area contributed by atoms with Crippen molar-refractivity contribution in [2.45, 2.75) is 23.0 Å². The van der Waals surface area contributed by atoms with Crippen molar-refractivity contribution in [3.63, 3.8) is 0 Å². The second-order valence-corrected chi connectivity index (χ2v) is 16.4. The first-order chi connectivity index (χ1) is 29.9. The van der Waals surface area contributed by atoms with Crippen LogP contribution in [0.2, 0.25) is 0 Å². The Labute approximate surface area is 355 Å². The Morgan fingerprint density at radius 3 is 1.26 bits per heavy atom. The van der Waals surface area contributed by atoms with E-state index in [0.717, 1.165) is 0 Å². The molecule has 62 heavy (non-hydrogen) atoms. The number of nitrogens with one attached hydrogen (secondary N) is 2. The van der Waals surface area contributed by atoms with Crippen LogP contribution in [0.3, 0.4) is 0 Å². The van der Waals surface area contributed by atoms with E-state index in [2.05, 4.69) is 19.4 Å². The first-order valence-electron chi connectivity index (χ1n) is 18.5. The lowest BCUT2D eigenvalue weighted by Gasteiger charge is -2.07. The minimum atomic E-state index is -3.89. The highest BCUT2D eigenvalue weighted by Crippen LogP contribution is 2.32. The number of rotatable bonds is 15. The average molecular weight is 875 g/mol. The molecule has 0 aliphatic carbocycles. The largest absolute Gasteiger partial charge is 0.484 e. The normalized spacial score (nSPS) is 11.2. The van der Waals surface area contributed by atoms with Gasteiger partial charge in [0.2, 0.25) is 23.5 Å². The summed E-state index contributed by atoms with van der Waals surface area (Å²) in [6, 6.07) is 45.4. The van der Waals surface area contributed by atoms with E-state index in [4.69, 9.17) is 23.4 Å². The van der Waals surface area contributed by atoms with Gasteiger partial charge in [-0.25, -0.2) is 45.4 Å². The minimum Gasteiger partial charge on any atom is -0.484 e. The SMILES string of the molecule is O=C(O)c1ccc(OCc2nc(-c3ccccc3)c(NS(=O)(=O)c3ccccc3)o2)cc1.O=S(=O)(Nc1oc(COc2ccc(F)cc2)nc1-c1ccccc1)c1ccccc1. The number of hydrogen-bond donors (Lipinski definition) is 3. The second-order valence-electron chi connectivity index (χ2n) is 13.0. The van der Waals surface area contributed by atoms with Crippen molar-refractivity contribution >= 4 is 37.8 Å². The van der Waals surface area contributed by atoms with Crippen molar-refractivity contribution in [3.05, 3.63) is 193 Å². The van der Waals surface area contributed by atoms with E-state index in [0.29, 0.717) is 34.0 Å². The van der Waals surface area contributed by atoms with Gasteiger partial charge in [0.1, 0.15) is 28.7 Å². The number of nitrogens with zero attached hydrogens (tertiary/aromatic N) is 2. The smallest absolute Gasteiger partial charge is 0.335 e. The molecule has 0 aliphatic rings. The van der Waals surface area contributed by atoms with Gasteiger partial charge in [-0.05, 0) is 72.8 Å². The van der Waals surface area contributed by atoms with E-state index < -0.39 is 26.0 Å². The number of ether oxygens (including phenoxy) is 2. The number of halogens is 1. The molecule has 14 nitrogen and oxygen atoms in total. The molecule has 0 bridgehead atoms. The van der Waals surface area contributed by atoms with E-state index >= 15 is 0 Å². The van der Waals surface area contributed by atoms with E-state index in [1.165, 1.54) is 72.8 Å². The third-order valence-corrected chi connectivity index (χ3v) is 11.3. The van der Waals surface area contributed by atoms with Crippen molar-refractivity contribution in [2.75, 3.05) is 9.44 Å². The van der Waals surface area contributed by atoms with Crippen LogP contribution in [0.4, 0.5) is 16.2 Å². The van der Waals surface area contributed by atoms with Crippen LogP contribution in [0, 0.1) is 5.82 Å². The lowest BCUT2D eigenvalue weighted by Crippen LogP contribution is -2.12. The number of anilines is 2. The first-order valence-corrected chi connectivity index (χ1v) is 21.5. The van der Waals surface area contributed by atoms with Crippen LogP contribution in [0.5, 0.6) is 11.5 Å². The molecule has 0 atom stereocenters. The summed E-state index contributed by atoms with van der Waals surface area (Å²) in [7, 11) is -7.76. The summed E-state index contributed by atoms with van der Waals surface area (Å²) in [5.41, 5.74) is 2.15. The number of carboxylic acids is 1. The quantitative estimate of drug-likeness (QED) is 0.0883. The molecule has 314 valence electrons. The summed E-state index contributed by atoms with van der Waals surface area (Å²) < 4.78 is 91.6. The van der Waals surface area contributed by atoms with Gasteiger partial charge >= 0.3 is 5.97 Å². The zero-order valence-corrected chi connectivity index (χ0v) is 33.9. The molecule has 0 spiro atoms. The number of carbonyl (C=O) groups is 1. The number of sulfonamides is 2. The topological polar surface area (TPSA) is 200 Å². The third kappa shape index (κ3) is 10.9. The third-order valence-electron chi connectivity index (χ3n) is 8.64. The molecule has 8 rings (SSSR count). The summed E-state index contributed by atoms with van der Waals surface area (Å²) >= 11 is 0. The Kier molecular flexibility index (Phi) is 13.0. The Balaban J connectivity index is 0.000000187. The van der Waals surface area contributed by atoms with Gasteiger partial charge in [0.25, 0.3) is 20.0 Å². The van der Waals surface area contributed by atoms with Crippen LogP contribution in [0.1, 0.15) is 22.1 Å². The summed E-state index contributed by atoms with van der Waals surface area (Å²) in [5.74, 6) is -0.277. The van der Waals surface area contributed by atoms with Crippen LogP contribution < -0.4 is 18.9 Å². The van der Waals surface area contributed by atoms with Crippen LogP contribution in [0.15, 0.2) is 188 Å². The Hall–Kier alpha value is -7.76. The number of hydrogen-bond acceptors (Lipinski definition) is 11. The van der Waals surface area contributed by atoms with Gasteiger partial charge in [0.15, 0.2) is 13.2 Å². The molecule has 0 amide bonds. The number of aromatic carboxylic acids is 1. The van der Waals surface area contributed by atoms with Crippen LogP contribution in [-0.2, 0) is 33.3 Å². The highest BCUT2D eigenvalue weighted by Gasteiger charge is 2.24. The lowest BCUT2D eigenvalue weighted by molar-refractivity contribution is 0.0696. The standard InChI is InChI=1S/C23H18N2O6S.C22H17FN2O4S/c26-23(27)17-11-13-18(14-12-17)30-15-20-24-21(16-7-3-1-4-8-16)22(31-20)25-32(28,29)19-9-5-2-6-10-19;23-17-11-13-18(14-12-17)28-15-20-24-21(16-7-3-1-4-8-16)22(29-20)25-30(26,27)19-9-5-2-6-10-19/h1-14,25H,15H2,(H,26,27);1-14,25H,15H2. The molecule has 0 unspecified atom stereocenters. The minimum absolute atomic E-state index is 0.0113. The molecule has 17 heteroatoms. The Morgan fingerprint density at radius 1 is 0.532 bits per heavy atom. The maximum atomic E-state index is 13.0. The molecule has 0 aliphatic heterocycles. The Bertz CT molecular complexity index is 2950. The highest BCUT2D eigenvalue weighted by atomic mass is 32.2. The fraction of sp³-hybridized carbons (Fsp3) is 0.0444. The van der Waals surface area contributed by atoms with Crippen molar-refractivity contribution < 1.29 is 49.4 Å². The zero-order valence-electron chi connectivity index (χ0n) is 32.3. The number of carboxylic acid groups (broad SMARTS) is 1. The van der Waals surface area contributed by atoms with Crippen molar-refractivity contribution in [1.29, 1.82) is 0 Å². The molecular weight excluding hydrogens is 840 g/mol. The van der Waals surface area contributed by atoms with Gasteiger partial charge in [-0.1, -0.05) is 97.1 Å². The van der Waals surface area contributed by atoms with E-state index in [1.807, 2.05) is 24.3 Å². The number of aromatic nitrogens is 2. The molecule has 8 aromatic rings. The van der Waals surface area contributed by atoms with Gasteiger partial charge in [0.05, 0.1) is 15.4 Å². The van der Waals surface area contributed by atoms with Gasteiger partial charge < -0.3 is 23.4 Å². The maximum absolute atomic E-state index is 13.0. The predicted octanol–water partition coefficient (Wildman–Crippen LogP) is 9.28. The monoisotopic (exact) mass is 874 g/mol. The van der Waals surface area contributed by atoms with Crippen molar-refractivity contribution in [1.82, 2.24) is 9.97 Å². The fourth-order valence-electron chi connectivity index (χ4n) is 5.65. The predicted molar refractivity (Wildman–Crippen MR) is 227 cm³/mol. The van der Waals surface area contributed by atoms with Crippen molar-refractivity contribution in [2.24, 2.45) is 0 Å². The van der Waals surface area contributed by atoms with Gasteiger partial charge in [-0.3, -0.25) is 0 Å². The first kappa shape index (κ1) is 42.4. The summed E-state index contributed by atoms with van der Waals surface area (Å²) in [4.78, 5) is 20.0. The molecule has 0 saturated heterocycles. The maximum Gasteiger partial charge on any atom is 0.335 e. The summed E-state index contributed by atoms with van der Waals surface area (Å²) in [6.07, 6.45) is 0. The molecule has 0 saturated carbocycles. The van der Waals surface area contributed by atoms with E-state index in [9.17, 15) is 26.0 Å². The molecule has 6 aromatic carbocycles. The summed E-state index contributed by atoms with van der Waals surface area (Å²) in [6.45, 7) is -0.141. The van der Waals surface area contributed by atoms with Gasteiger partial charge in [-0.2, -0.15) is 0 Å². The van der Waals surface area contributed by atoms with E-state index in [1.54, 1.807) is 72.8 Å². The number of benzene rings is 6. The Morgan fingerprint density at radius 2 is 0.887 bits per heavy atom. The van der Waals surface area contributed by atoms with E-state index in [-0.39, 0.29) is 57.9 Å². The molecular formula is C45H35FN4O10S2. The van der Waals surface area contributed by atoms with Crippen LogP contribution >= 0.6 is 0 Å². The summed E-state index contributed by atoms with van der Waals surface area (Å²) in [5, 5.41) is 8.98. The zero-order chi connectivity index (χ0) is 43.5. The number of oxazole rings is 2. The molecule has 2 aromatic heterocycles. The molecule has 2 heterocycles. The van der Waals surface area contributed by atoms with Gasteiger partial charge in [0, 0.05) is 11.1 Å². The fourth-order valence-corrected chi connectivity index (χ4v) is 7.68. The van der Waals surface area contributed by atoms with Crippen molar-refractivity contribution in [3.8, 4) is 34.0 Å². The molecule has 3 N–H and O–H groups in total. The lowest BCUT2D eigenvalue weighted by atomic mass is 10.2.